The SMILES string of the molecule is c1cc(-c2ccc(N(c3ccc(-c4cccc(-n5c6ccccc6c6ccccc65)c4)cc3)c3ccc4c(c3)sc3c5ccccc5ccc43)cc2)cc(-c2ccc3c(ccc4ccccc43)c2)c1. The molecule has 0 aliphatic rings. The molecule has 0 saturated carbocycles. The Balaban J connectivity index is 0.841. The largest absolute Gasteiger partial charge is 0.310 e. The third-order valence-electron chi connectivity index (χ3n) is 14.1. The van der Waals surface area contributed by atoms with Gasteiger partial charge in [-0.2, -0.15) is 0 Å². The van der Waals surface area contributed by atoms with E-state index in [1.54, 1.807) is 0 Å². The zero-order chi connectivity index (χ0) is 45.4. The van der Waals surface area contributed by atoms with E-state index in [0.717, 1.165) is 22.7 Å². The fraction of sp³-hybridized carbons (Fsp3) is 0. The maximum atomic E-state index is 2.40. The molecule has 14 rings (SSSR count). The van der Waals surface area contributed by atoms with Gasteiger partial charge in [-0.3, -0.25) is 0 Å². The van der Waals surface area contributed by atoms with Crippen LogP contribution in [-0.4, -0.2) is 4.57 Å². The van der Waals surface area contributed by atoms with Gasteiger partial charge in [-0.15, -0.1) is 11.3 Å². The number of hydrogen-bond acceptors (Lipinski definition) is 2. The number of thiophene rings is 1. The van der Waals surface area contributed by atoms with Crippen LogP contribution in [0.25, 0.3) is 113 Å². The molecule has 2 nitrogen and oxygen atoms in total. The van der Waals surface area contributed by atoms with Crippen molar-refractivity contribution in [2.75, 3.05) is 4.90 Å². The zero-order valence-electron chi connectivity index (χ0n) is 37.6. The minimum absolute atomic E-state index is 1.10. The first-order chi connectivity index (χ1) is 34.2. The minimum atomic E-state index is 1.10. The molecule has 0 bridgehead atoms. The Bertz CT molecular complexity index is 4260. The summed E-state index contributed by atoms with van der Waals surface area (Å²) in [4.78, 5) is 2.40. The summed E-state index contributed by atoms with van der Waals surface area (Å²) in [5.74, 6) is 0. The Labute approximate surface area is 403 Å². The molecule has 14 aromatic rings. The number of aromatic nitrogens is 1. The normalized spacial score (nSPS) is 11.8. The van der Waals surface area contributed by atoms with Gasteiger partial charge in [0.25, 0.3) is 0 Å². The first kappa shape index (κ1) is 39.4. The number of para-hydroxylation sites is 2. The summed E-state index contributed by atoms with van der Waals surface area (Å²) in [6, 6.07) is 93.7. The maximum Gasteiger partial charge on any atom is 0.0541 e. The number of benzene rings is 12. The van der Waals surface area contributed by atoms with Crippen LogP contribution in [0, 0.1) is 0 Å². The molecule has 2 aromatic heterocycles. The average Bonchev–Trinajstić information content (AvgIpc) is 3.97. The molecule has 0 atom stereocenters. The van der Waals surface area contributed by atoms with E-state index in [9.17, 15) is 0 Å². The van der Waals surface area contributed by atoms with Gasteiger partial charge >= 0.3 is 0 Å². The molecule has 322 valence electrons. The summed E-state index contributed by atoms with van der Waals surface area (Å²) in [7, 11) is 0. The molecule has 0 fully saturated rings. The summed E-state index contributed by atoms with van der Waals surface area (Å²) in [6.07, 6.45) is 0. The van der Waals surface area contributed by atoms with Crippen LogP contribution in [0.3, 0.4) is 0 Å². The lowest BCUT2D eigenvalue weighted by molar-refractivity contribution is 1.18. The van der Waals surface area contributed by atoms with Crippen molar-refractivity contribution >= 4 is 103 Å². The highest BCUT2D eigenvalue weighted by atomic mass is 32.1. The molecule has 3 heteroatoms. The number of rotatable bonds is 7. The van der Waals surface area contributed by atoms with E-state index in [-0.39, 0.29) is 0 Å². The summed E-state index contributed by atoms with van der Waals surface area (Å²) in [5.41, 5.74) is 14.0. The third kappa shape index (κ3) is 6.62. The molecule has 0 N–H and O–H groups in total. The monoisotopic (exact) mass is 894 g/mol. The summed E-state index contributed by atoms with van der Waals surface area (Å²) < 4.78 is 5.00. The molecule has 69 heavy (non-hydrogen) atoms. The Morgan fingerprint density at radius 2 is 0.754 bits per heavy atom. The summed E-state index contributed by atoms with van der Waals surface area (Å²) >= 11 is 1.89. The van der Waals surface area contributed by atoms with Crippen molar-refractivity contribution in [2.45, 2.75) is 0 Å². The minimum Gasteiger partial charge on any atom is -0.310 e. The first-order valence-corrected chi connectivity index (χ1v) is 24.5. The van der Waals surface area contributed by atoms with Crippen molar-refractivity contribution in [3.63, 3.8) is 0 Å². The van der Waals surface area contributed by atoms with Crippen molar-refractivity contribution in [3.05, 3.63) is 255 Å². The fourth-order valence-electron chi connectivity index (χ4n) is 10.8. The second-order valence-corrected chi connectivity index (χ2v) is 19.2. The molecule has 0 saturated heterocycles. The van der Waals surface area contributed by atoms with Crippen LogP contribution in [0.1, 0.15) is 0 Å². The Morgan fingerprint density at radius 3 is 1.46 bits per heavy atom. The first-order valence-electron chi connectivity index (χ1n) is 23.6. The number of hydrogen-bond donors (Lipinski definition) is 0. The van der Waals surface area contributed by atoms with Crippen LogP contribution in [0.5, 0.6) is 0 Å². The van der Waals surface area contributed by atoms with Gasteiger partial charge in [0.2, 0.25) is 0 Å². The van der Waals surface area contributed by atoms with E-state index in [0.29, 0.717) is 0 Å². The molecule has 0 unspecified atom stereocenters. The predicted molar refractivity (Wildman–Crippen MR) is 297 cm³/mol. The van der Waals surface area contributed by atoms with Crippen LogP contribution >= 0.6 is 11.3 Å². The highest BCUT2D eigenvalue weighted by Crippen LogP contribution is 2.44. The van der Waals surface area contributed by atoms with Crippen molar-refractivity contribution in [3.8, 4) is 39.1 Å². The second kappa shape index (κ2) is 16.0. The lowest BCUT2D eigenvalue weighted by Crippen LogP contribution is -2.09. The van der Waals surface area contributed by atoms with E-state index < -0.39 is 0 Å². The Morgan fingerprint density at radius 1 is 0.275 bits per heavy atom. The molecule has 0 radical (unpaired) electrons. The topological polar surface area (TPSA) is 8.17 Å². The second-order valence-electron chi connectivity index (χ2n) is 18.1. The van der Waals surface area contributed by atoms with Gasteiger partial charge in [0.15, 0.2) is 0 Å². The van der Waals surface area contributed by atoms with E-state index in [4.69, 9.17) is 0 Å². The highest BCUT2D eigenvalue weighted by molar-refractivity contribution is 7.26. The van der Waals surface area contributed by atoms with E-state index in [2.05, 4.69) is 264 Å². The molecule has 2 heterocycles. The zero-order valence-corrected chi connectivity index (χ0v) is 38.4. The number of anilines is 3. The molecular formula is C66H42N2S. The van der Waals surface area contributed by atoms with Gasteiger partial charge in [0.1, 0.15) is 0 Å². The van der Waals surface area contributed by atoms with Gasteiger partial charge < -0.3 is 9.47 Å². The van der Waals surface area contributed by atoms with Crippen LogP contribution in [0.4, 0.5) is 17.1 Å². The van der Waals surface area contributed by atoms with Crippen LogP contribution in [-0.2, 0) is 0 Å². The van der Waals surface area contributed by atoms with E-state index in [1.807, 2.05) is 11.3 Å². The fourth-order valence-corrected chi connectivity index (χ4v) is 12.1. The van der Waals surface area contributed by atoms with Crippen molar-refractivity contribution < 1.29 is 0 Å². The van der Waals surface area contributed by atoms with Crippen molar-refractivity contribution in [2.24, 2.45) is 0 Å². The Kier molecular flexibility index (Phi) is 9.11. The number of fused-ring (bicyclic) bond motifs is 11. The lowest BCUT2D eigenvalue weighted by Gasteiger charge is -2.26. The summed E-state index contributed by atoms with van der Waals surface area (Å²) in [6.45, 7) is 0. The highest BCUT2D eigenvalue weighted by Gasteiger charge is 2.18. The molecule has 12 aromatic carbocycles. The van der Waals surface area contributed by atoms with Gasteiger partial charge in [0.05, 0.1) is 11.0 Å². The van der Waals surface area contributed by atoms with E-state index in [1.165, 1.54) is 108 Å². The van der Waals surface area contributed by atoms with Gasteiger partial charge in [-0.25, -0.2) is 0 Å². The average molecular weight is 895 g/mol. The quantitative estimate of drug-likeness (QED) is 0.145. The smallest absolute Gasteiger partial charge is 0.0541 e. The van der Waals surface area contributed by atoms with Gasteiger partial charge in [-0.05, 0) is 138 Å². The molecule has 0 amide bonds. The molecule has 0 aliphatic carbocycles. The number of nitrogens with zero attached hydrogens (tertiary/aromatic N) is 2. The predicted octanol–water partition coefficient (Wildman–Crippen LogP) is 19.1. The lowest BCUT2D eigenvalue weighted by atomic mass is 9.95. The standard InChI is InChI=1S/C66H42N2S/c1-3-17-56-45(11-1)23-24-51-40-50(30-36-57(51)56)48-14-9-13-47(39-48)43-25-31-52(32-26-43)67(55-35-38-61-62-37-29-46-12-2-4-18-58(46)66(62)69-65(61)42-55)53-33-27-44(28-34-53)49-15-10-16-54(41-49)68-63-21-7-5-19-59(63)60-20-6-8-22-64(60)68/h1-42H. The summed E-state index contributed by atoms with van der Waals surface area (Å²) in [5, 5.41) is 12.8. The van der Waals surface area contributed by atoms with E-state index >= 15 is 0 Å². The van der Waals surface area contributed by atoms with Gasteiger partial charge in [0, 0.05) is 53.7 Å². The Hall–Kier alpha value is -8.76. The van der Waals surface area contributed by atoms with Crippen LogP contribution in [0.15, 0.2) is 255 Å². The molecular weight excluding hydrogens is 853 g/mol. The third-order valence-corrected chi connectivity index (χ3v) is 15.3. The molecule has 0 aliphatic heterocycles. The van der Waals surface area contributed by atoms with Crippen LogP contribution < -0.4 is 4.90 Å². The van der Waals surface area contributed by atoms with Crippen molar-refractivity contribution in [1.29, 1.82) is 0 Å². The van der Waals surface area contributed by atoms with Crippen molar-refractivity contribution in [1.82, 2.24) is 4.57 Å². The molecule has 0 spiro atoms. The van der Waals surface area contributed by atoms with Crippen LogP contribution in [0.2, 0.25) is 0 Å². The van der Waals surface area contributed by atoms with Gasteiger partial charge in [-0.1, -0.05) is 182 Å². The maximum absolute atomic E-state index is 2.40.